The third-order valence-corrected chi connectivity index (χ3v) is 5.50. The van der Waals surface area contributed by atoms with Gasteiger partial charge in [0, 0.05) is 18.0 Å². The number of aromatic nitrogens is 2. The highest BCUT2D eigenvalue weighted by Gasteiger charge is 2.18. The Kier molecular flexibility index (Phi) is 5.58. The number of likely N-dealkylation sites (N-methyl/N-ethyl adjacent to an activating group) is 1. The molecule has 0 radical (unpaired) electrons. The zero-order valence-electron chi connectivity index (χ0n) is 15.3. The van der Waals surface area contributed by atoms with Crippen LogP contribution in [-0.2, 0) is 17.9 Å². The molecule has 2 heterocycles. The Labute approximate surface area is 156 Å². The molecule has 0 saturated heterocycles. The number of benzene rings is 1. The van der Waals surface area contributed by atoms with Crippen LogP contribution in [0, 0.1) is 0 Å². The lowest BCUT2D eigenvalue weighted by Gasteiger charge is -2.23. The first kappa shape index (κ1) is 18.4. The van der Waals surface area contributed by atoms with Crippen molar-refractivity contribution in [3.63, 3.8) is 0 Å². The van der Waals surface area contributed by atoms with Crippen LogP contribution >= 0.6 is 11.3 Å². The second kappa shape index (κ2) is 7.88. The van der Waals surface area contributed by atoms with Crippen molar-refractivity contribution in [2.24, 2.45) is 0 Å². The largest absolute Gasteiger partial charge is 0.353 e. The van der Waals surface area contributed by atoms with E-state index in [0.29, 0.717) is 13.1 Å². The molecule has 7 heteroatoms. The first-order chi connectivity index (χ1) is 12.5. The molecule has 1 aromatic carbocycles. The van der Waals surface area contributed by atoms with E-state index in [-0.39, 0.29) is 24.2 Å². The zero-order chi connectivity index (χ0) is 18.7. The van der Waals surface area contributed by atoms with Gasteiger partial charge in [-0.15, -0.1) is 11.3 Å². The average Bonchev–Trinajstić information content (AvgIpc) is 3.23. The molecule has 1 unspecified atom stereocenters. The van der Waals surface area contributed by atoms with Crippen molar-refractivity contribution < 1.29 is 4.79 Å². The Morgan fingerprint density at radius 3 is 2.42 bits per heavy atom. The van der Waals surface area contributed by atoms with E-state index in [2.05, 4.69) is 16.3 Å². The molecule has 138 valence electrons. The number of carbonyl (C=O) groups excluding carboxylic acids is 1. The SMILES string of the molecule is CCn1c(=O)n(CC(=O)NCC(c2cccs2)N(C)C)c2ccccc21. The van der Waals surface area contributed by atoms with Gasteiger partial charge in [0.1, 0.15) is 6.54 Å². The molecule has 2 aromatic heterocycles. The first-order valence-corrected chi connectivity index (χ1v) is 9.55. The Bertz CT molecular complexity index is 940. The number of nitrogens with one attached hydrogen (secondary N) is 1. The maximum absolute atomic E-state index is 12.6. The summed E-state index contributed by atoms with van der Waals surface area (Å²) < 4.78 is 3.24. The topological polar surface area (TPSA) is 59.3 Å². The van der Waals surface area contributed by atoms with Gasteiger partial charge in [-0.05, 0) is 44.6 Å². The zero-order valence-corrected chi connectivity index (χ0v) is 16.1. The number of aryl methyl sites for hydroxylation is 1. The van der Waals surface area contributed by atoms with E-state index < -0.39 is 0 Å². The van der Waals surface area contributed by atoms with Gasteiger partial charge in [-0.25, -0.2) is 4.79 Å². The van der Waals surface area contributed by atoms with E-state index in [4.69, 9.17) is 0 Å². The van der Waals surface area contributed by atoms with Crippen molar-refractivity contribution in [2.75, 3.05) is 20.6 Å². The minimum atomic E-state index is -0.158. The highest BCUT2D eigenvalue weighted by atomic mass is 32.1. The van der Waals surface area contributed by atoms with Crippen LogP contribution in [0.5, 0.6) is 0 Å². The quantitative estimate of drug-likeness (QED) is 0.692. The summed E-state index contributed by atoms with van der Waals surface area (Å²) >= 11 is 1.67. The molecule has 3 aromatic rings. The summed E-state index contributed by atoms with van der Waals surface area (Å²) in [6.45, 7) is 3.04. The maximum atomic E-state index is 12.6. The predicted molar refractivity (Wildman–Crippen MR) is 106 cm³/mol. The summed E-state index contributed by atoms with van der Waals surface area (Å²) in [4.78, 5) is 28.4. The van der Waals surface area contributed by atoms with Crippen molar-refractivity contribution in [3.8, 4) is 0 Å². The molecule has 26 heavy (non-hydrogen) atoms. The lowest BCUT2D eigenvalue weighted by molar-refractivity contribution is -0.121. The third kappa shape index (κ3) is 3.59. The summed E-state index contributed by atoms with van der Waals surface area (Å²) in [5.74, 6) is -0.158. The standard InChI is InChI=1S/C19H24N4O2S/c1-4-22-14-8-5-6-9-15(14)23(19(22)25)13-18(24)20-12-16(21(2)3)17-10-7-11-26-17/h5-11,16H,4,12-13H2,1-3H3,(H,20,24). The minimum absolute atomic E-state index is 0.0247. The number of rotatable bonds is 7. The number of thiophene rings is 1. The average molecular weight is 372 g/mol. The van der Waals surface area contributed by atoms with Crippen LogP contribution in [0.1, 0.15) is 17.8 Å². The Morgan fingerprint density at radius 2 is 1.85 bits per heavy atom. The molecule has 0 aliphatic carbocycles. The van der Waals surface area contributed by atoms with Gasteiger partial charge in [-0.3, -0.25) is 13.9 Å². The Hall–Kier alpha value is -2.38. The van der Waals surface area contributed by atoms with E-state index >= 15 is 0 Å². The first-order valence-electron chi connectivity index (χ1n) is 8.67. The normalized spacial score (nSPS) is 12.6. The van der Waals surface area contributed by atoms with Gasteiger partial charge >= 0.3 is 5.69 Å². The second-order valence-electron chi connectivity index (χ2n) is 6.40. The number of para-hydroxylation sites is 2. The number of nitrogens with zero attached hydrogens (tertiary/aromatic N) is 3. The smallest absolute Gasteiger partial charge is 0.329 e. The fourth-order valence-electron chi connectivity index (χ4n) is 3.16. The van der Waals surface area contributed by atoms with Gasteiger partial charge in [0.2, 0.25) is 5.91 Å². The van der Waals surface area contributed by atoms with Gasteiger partial charge in [0.15, 0.2) is 0 Å². The van der Waals surface area contributed by atoms with E-state index in [1.165, 1.54) is 4.88 Å². The van der Waals surface area contributed by atoms with Crippen molar-refractivity contribution in [1.29, 1.82) is 0 Å². The summed E-state index contributed by atoms with van der Waals surface area (Å²) in [5.41, 5.74) is 1.50. The lowest BCUT2D eigenvalue weighted by atomic mass is 10.2. The van der Waals surface area contributed by atoms with Gasteiger partial charge in [-0.2, -0.15) is 0 Å². The van der Waals surface area contributed by atoms with Crippen molar-refractivity contribution in [1.82, 2.24) is 19.4 Å². The molecular formula is C19H24N4O2S. The molecule has 0 aliphatic heterocycles. The molecule has 1 atom stereocenters. The maximum Gasteiger partial charge on any atom is 0.329 e. The van der Waals surface area contributed by atoms with E-state index in [0.717, 1.165) is 11.0 Å². The van der Waals surface area contributed by atoms with Crippen LogP contribution in [0.15, 0.2) is 46.6 Å². The highest BCUT2D eigenvalue weighted by Crippen LogP contribution is 2.22. The summed E-state index contributed by atoms with van der Waals surface area (Å²) in [6.07, 6.45) is 0. The van der Waals surface area contributed by atoms with Gasteiger partial charge in [0.05, 0.1) is 17.1 Å². The second-order valence-corrected chi connectivity index (χ2v) is 7.38. The molecule has 1 amide bonds. The van der Waals surface area contributed by atoms with Gasteiger partial charge < -0.3 is 10.2 Å². The molecular weight excluding hydrogens is 348 g/mol. The Balaban J connectivity index is 1.76. The van der Waals surface area contributed by atoms with Crippen LogP contribution in [0.2, 0.25) is 0 Å². The monoisotopic (exact) mass is 372 g/mol. The lowest BCUT2D eigenvalue weighted by Crippen LogP contribution is -2.37. The molecule has 0 saturated carbocycles. The van der Waals surface area contributed by atoms with Crippen molar-refractivity contribution >= 4 is 28.3 Å². The summed E-state index contributed by atoms with van der Waals surface area (Å²) in [7, 11) is 3.99. The number of amides is 1. The predicted octanol–water partition coefficient (Wildman–Crippen LogP) is 2.30. The summed E-state index contributed by atoms with van der Waals surface area (Å²) in [6, 6.07) is 11.8. The molecule has 0 aliphatic rings. The van der Waals surface area contributed by atoms with E-state index in [9.17, 15) is 9.59 Å². The van der Waals surface area contributed by atoms with Crippen LogP contribution < -0.4 is 11.0 Å². The van der Waals surface area contributed by atoms with E-state index in [1.54, 1.807) is 20.5 Å². The number of fused-ring (bicyclic) bond motifs is 1. The fraction of sp³-hybridized carbons (Fsp3) is 0.368. The van der Waals surface area contributed by atoms with E-state index in [1.807, 2.05) is 56.7 Å². The molecule has 0 fully saturated rings. The molecule has 0 bridgehead atoms. The van der Waals surface area contributed by atoms with Crippen LogP contribution in [0.25, 0.3) is 11.0 Å². The van der Waals surface area contributed by atoms with Crippen LogP contribution in [-0.4, -0.2) is 40.6 Å². The number of hydrogen-bond acceptors (Lipinski definition) is 4. The molecule has 0 spiro atoms. The van der Waals surface area contributed by atoms with Crippen LogP contribution in [0.3, 0.4) is 0 Å². The number of hydrogen-bond donors (Lipinski definition) is 1. The number of carbonyl (C=O) groups is 1. The third-order valence-electron chi connectivity index (χ3n) is 4.53. The highest BCUT2D eigenvalue weighted by molar-refractivity contribution is 7.10. The Morgan fingerprint density at radius 1 is 1.15 bits per heavy atom. The minimum Gasteiger partial charge on any atom is -0.353 e. The molecule has 3 rings (SSSR count). The molecule has 1 N–H and O–H groups in total. The number of imidazole rings is 1. The van der Waals surface area contributed by atoms with Crippen molar-refractivity contribution in [3.05, 3.63) is 57.1 Å². The van der Waals surface area contributed by atoms with Crippen molar-refractivity contribution in [2.45, 2.75) is 26.1 Å². The van der Waals surface area contributed by atoms with Gasteiger partial charge in [0.25, 0.3) is 0 Å². The van der Waals surface area contributed by atoms with Crippen LogP contribution in [0.4, 0.5) is 0 Å². The fourth-order valence-corrected chi connectivity index (χ4v) is 4.08. The summed E-state index contributed by atoms with van der Waals surface area (Å²) in [5, 5.41) is 5.01. The van der Waals surface area contributed by atoms with Gasteiger partial charge in [-0.1, -0.05) is 18.2 Å². The molecule has 6 nitrogen and oxygen atoms in total.